The zero-order valence-corrected chi connectivity index (χ0v) is 8.05. The van der Waals surface area contributed by atoms with Crippen LogP contribution in [0, 0.1) is 10.1 Å². The van der Waals surface area contributed by atoms with Crippen molar-refractivity contribution in [3.05, 3.63) is 22.2 Å². The number of hydrogen-bond acceptors (Lipinski definition) is 5. The number of nitro groups is 1. The summed E-state index contributed by atoms with van der Waals surface area (Å²) in [5.74, 6) is 0.264. The highest BCUT2D eigenvalue weighted by Gasteiger charge is 2.25. The third-order valence-electron chi connectivity index (χ3n) is 2.39. The number of aromatic nitrogens is 1. The molecule has 6 nitrogen and oxygen atoms in total. The molecule has 1 aliphatic carbocycles. The summed E-state index contributed by atoms with van der Waals surface area (Å²) in [7, 11) is 0. The summed E-state index contributed by atoms with van der Waals surface area (Å²) in [6.07, 6.45) is 3.00. The van der Waals surface area contributed by atoms with Gasteiger partial charge in [-0.2, -0.15) is 4.98 Å². The Kier molecular flexibility index (Phi) is 2.40. The molecule has 0 amide bonds. The summed E-state index contributed by atoms with van der Waals surface area (Å²) < 4.78 is 5.39. The number of anilines is 1. The van der Waals surface area contributed by atoms with Gasteiger partial charge < -0.3 is 10.5 Å². The van der Waals surface area contributed by atoms with Gasteiger partial charge in [0.2, 0.25) is 0 Å². The Morgan fingerprint density at radius 2 is 2.27 bits per heavy atom. The highest BCUT2D eigenvalue weighted by atomic mass is 16.6. The average molecular weight is 209 g/mol. The van der Waals surface area contributed by atoms with E-state index < -0.39 is 4.92 Å². The van der Waals surface area contributed by atoms with Crippen molar-refractivity contribution < 1.29 is 9.66 Å². The molecule has 0 aliphatic heterocycles. The van der Waals surface area contributed by atoms with Gasteiger partial charge in [0, 0.05) is 6.07 Å². The zero-order valence-electron chi connectivity index (χ0n) is 8.05. The van der Waals surface area contributed by atoms with E-state index in [1.165, 1.54) is 12.1 Å². The maximum Gasteiger partial charge on any atom is 0.331 e. The van der Waals surface area contributed by atoms with Gasteiger partial charge in [-0.05, 0) is 25.3 Å². The molecule has 0 radical (unpaired) electrons. The molecule has 2 rings (SSSR count). The van der Waals surface area contributed by atoms with Crippen molar-refractivity contribution in [2.24, 2.45) is 0 Å². The Balaban J connectivity index is 2.24. The van der Waals surface area contributed by atoms with Gasteiger partial charge >= 0.3 is 5.69 Å². The minimum absolute atomic E-state index is 0.0321. The molecule has 2 N–H and O–H groups in total. The van der Waals surface area contributed by atoms with E-state index in [1.807, 2.05) is 0 Å². The maximum atomic E-state index is 10.7. The molecule has 1 aromatic rings. The molecular formula is C9H11N3O3. The molecule has 80 valence electrons. The van der Waals surface area contributed by atoms with Crippen LogP contribution >= 0.6 is 0 Å². The van der Waals surface area contributed by atoms with E-state index in [4.69, 9.17) is 10.5 Å². The lowest BCUT2D eigenvalue weighted by Gasteiger charge is -2.25. The Morgan fingerprint density at radius 1 is 1.53 bits per heavy atom. The van der Waals surface area contributed by atoms with Crippen molar-refractivity contribution >= 4 is 11.5 Å². The molecule has 0 spiro atoms. The quantitative estimate of drug-likeness (QED) is 0.601. The largest absolute Gasteiger partial charge is 0.469 e. The number of nitrogens with zero attached hydrogens (tertiary/aromatic N) is 2. The molecule has 15 heavy (non-hydrogen) atoms. The Labute approximate surface area is 86.2 Å². The van der Waals surface area contributed by atoms with Crippen LogP contribution in [-0.4, -0.2) is 16.0 Å². The lowest BCUT2D eigenvalue weighted by molar-refractivity contribution is -0.386. The van der Waals surface area contributed by atoms with E-state index >= 15 is 0 Å². The third-order valence-corrected chi connectivity index (χ3v) is 2.39. The van der Waals surface area contributed by atoms with E-state index in [1.54, 1.807) is 0 Å². The van der Waals surface area contributed by atoms with Crippen molar-refractivity contribution in [2.45, 2.75) is 25.4 Å². The molecule has 1 aromatic heterocycles. The summed E-state index contributed by atoms with van der Waals surface area (Å²) in [6, 6.07) is 2.71. The molecule has 0 aromatic carbocycles. The van der Waals surface area contributed by atoms with Crippen LogP contribution in [0.15, 0.2) is 12.1 Å². The number of ether oxygens (including phenoxy) is 1. The lowest BCUT2D eigenvalue weighted by atomic mass is 9.96. The van der Waals surface area contributed by atoms with Crippen LogP contribution in [-0.2, 0) is 0 Å². The first-order valence-electron chi connectivity index (χ1n) is 4.74. The summed E-state index contributed by atoms with van der Waals surface area (Å²) in [4.78, 5) is 14.0. The second kappa shape index (κ2) is 3.72. The Morgan fingerprint density at radius 3 is 2.80 bits per heavy atom. The first kappa shape index (κ1) is 9.70. The van der Waals surface area contributed by atoms with Crippen molar-refractivity contribution in [2.75, 3.05) is 5.73 Å². The summed E-state index contributed by atoms with van der Waals surface area (Å²) in [6.45, 7) is 0. The number of pyridine rings is 1. The van der Waals surface area contributed by atoms with Crippen molar-refractivity contribution in [1.82, 2.24) is 4.98 Å². The van der Waals surface area contributed by atoms with Gasteiger partial charge in [-0.15, -0.1) is 0 Å². The fourth-order valence-corrected chi connectivity index (χ4v) is 1.32. The van der Waals surface area contributed by atoms with Crippen molar-refractivity contribution in [1.29, 1.82) is 0 Å². The molecule has 0 saturated heterocycles. The monoisotopic (exact) mass is 209 g/mol. The minimum atomic E-state index is -0.513. The van der Waals surface area contributed by atoms with Gasteiger partial charge in [-0.1, -0.05) is 0 Å². The van der Waals surface area contributed by atoms with Crippen LogP contribution in [0.4, 0.5) is 11.5 Å². The van der Waals surface area contributed by atoms with Crippen LogP contribution in [0.1, 0.15) is 19.3 Å². The number of hydrogen-bond donors (Lipinski definition) is 1. The fourth-order valence-electron chi connectivity index (χ4n) is 1.32. The Bertz CT molecular complexity index is 390. The number of rotatable bonds is 3. The molecule has 0 bridgehead atoms. The van der Waals surface area contributed by atoms with Gasteiger partial charge in [0.15, 0.2) is 0 Å². The summed E-state index contributed by atoms with van der Waals surface area (Å²) in [5, 5.41) is 10.7. The van der Waals surface area contributed by atoms with Crippen molar-refractivity contribution in [3.63, 3.8) is 0 Å². The van der Waals surface area contributed by atoms with E-state index in [0.29, 0.717) is 0 Å². The molecule has 6 heteroatoms. The van der Waals surface area contributed by atoms with Gasteiger partial charge in [0.1, 0.15) is 11.9 Å². The predicted octanol–water partition coefficient (Wildman–Crippen LogP) is 1.50. The SMILES string of the molecule is Nc1ccc([N+](=O)[O-])c(OC2CCC2)n1. The Hall–Kier alpha value is -1.85. The molecule has 1 heterocycles. The van der Waals surface area contributed by atoms with E-state index in [2.05, 4.69) is 4.98 Å². The zero-order chi connectivity index (χ0) is 10.8. The highest BCUT2D eigenvalue weighted by Crippen LogP contribution is 2.30. The average Bonchev–Trinajstić information content (AvgIpc) is 2.11. The normalized spacial score (nSPS) is 15.7. The van der Waals surface area contributed by atoms with Crippen LogP contribution in [0.25, 0.3) is 0 Å². The van der Waals surface area contributed by atoms with Gasteiger partial charge in [0.05, 0.1) is 4.92 Å². The molecule has 1 saturated carbocycles. The fraction of sp³-hybridized carbons (Fsp3) is 0.444. The molecule has 0 atom stereocenters. The first-order chi connectivity index (χ1) is 7.16. The maximum absolute atomic E-state index is 10.7. The second-order valence-corrected chi connectivity index (χ2v) is 3.49. The van der Waals surface area contributed by atoms with Crippen molar-refractivity contribution in [3.8, 4) is 5.88 Å². The first-order valence-corrected chi connectivity index (χ1v) is 4.74. The minimum Gasteiger partial charge on any atom is -0.469 e. The highest BCUT2D eigenvalue weighted by molar-refractivity contribution is 5.47. The third kappa shape index (κ3) is 1.98. The topological polar surface area (TPSA) is 91.3 Å². The van der Waals surface area contributed by atoms with Gasteiger partial charge in [0.25, 0.3) is 5.88 Å². The standard InChI is InChI=1S/C9H11N3O3/c10-8-5-4-7(12(13)14)9(11-8)15-6-2-1-3-6/h4-6H,1-3H2,(H2,10,11). The number of nitrogen functional groups attached to an aromatic ring is 1. The van der Waals surface area contributed by atoms with Gasteiger partial charge in [-0.3, -0.25) is 10.1 Å². The molecular weight excluding hydrogens is 198 g/mol. The van der Waals surface area contributed by atoms with Gasteiger partial charge in [-0.25, -0.2) is 0 Å². The number of nitrogens with two attached hydrogens (primary N) is 1. The van der Waals surface area contributed by atoms with Crippen LogP contribution < -0.4 is 10.5 Å². The van der Waals surface area contributed by atoms with E-state index in [9.17, 15) is 10.1 Å². The predicted molar refractivity (Wildman–Crippen MR) is 53.6 cm³/mol. The van der Waals surface area contributed by atoms with Crippen LogP contribution in [0.5, 0.6) is 5.88 Å². The second-order valence-electron chi connectivity index (χ2n) is 3.49. The molecule has 1 fully saturated rings. The summed E-state index contributed by atoms with van der Waals surface area (Å²) >= 11 is 0. The molecule has 1 aliphatic rings. The summed E-state index contributed by atoms with van der Waals surface area (Å²) in [5.41, 5.74) is 5.32. The van der Waals surface area contributed by atoms with E-state index in [0.717, 1.165) is 19.3 Å². The smallest absolute Gasteiger partial charge is 0.331 e. The van der Waals surface area contributed by atoms with Crippen LogP contribution in [0.2, 0.25) is 0 Å². The van der Waals surface area contributed by atoms with E-state index in [-0.39, 0.29) is 23.5 Å². The lowest BCUT2D eigenvalue weighted by Crippen LogP contribution is -2.25. The van der Waals surface area contributed by atoms with Crippen LogP contribution in [0.3, 0.4) is 0 Å². The molecule has 0 unspecified atom stereocenters.